The van der Waals surface area contributed by atoms with Gasteiger partial charge < -0.3 is 83.5 Å². The predicted octanol–water partition coefficient (Wildman–Crippen LogP) is -0.571. The zero-order valence-corrected chi connectivity index (χ0v) is 49.4. The van der Waals surface area contributed by atoms with E-state index in [0.717, 1.165) is 10.1 Å². The lowest BCUT2D eigenvalue weighted by Crippen LogP contribution is -2.45. The van der Waals surface area contributed by atoms with Gasteiger partial charge in [0.05, 0.1) is 60.0 Å². The van der Waals surface area contributed by atoms with Crippen LogP contribution in [0.4, 0.5) is 34.9 Å². The second kappa shape index (κ2) is 29.5. The van der Waals surface area contributed by atoms with Crippen LogP contribution in [0.1, 0.15) is 86.7 Å². The SMILES string of the molecule is Nc1nc(=O)c2nc(CNc3ccc(C(=O)N[C@@H](CCC(=O)ON(Cc4cnc5[nH]c(N)nc(=O)c5n4)c4ccc(C(=O)N[C@@H](CCC(=O)O)C(=O)O)cc4)C(=O)ON(Cc4cnc5[nH]c(N)nc(=O)c5n4)c4ccc(C(=O)N[C@@H](CCC(=O)O)C(=O)O)cc4)cc3)cnc2[nH]1. The number of nitrogen functional groups attached to an aromatic ring is 3. The molecule has 96 heavy (non-hydrogen) atoms. The first-order valence-corrected chi connectivity index (χ1v) is 28.2. The monoisotopic (exact) mass is 1320 g/mol. The highest BCUT2D eigenvalue weighted by molar-refractivity contribution is 5.99. The number of carboxylic acid groups (broad SMARTS) is 4. The average Bonchev–Trinajstić information content (AvgIpc) is 1.53. The van der Waals surface area contributed by atoms with E-state index < -0.39 is 140 Å². The van der Waals surface area contributed by atoms with E-state index in [1.807, 2.05) is 0 Å². The molecule has 17 N–H and O–H groups in total. The smallest absolute Gasteiger partial charge is 0.354 e. The van der Waals surface area contributed by atoms with Crippen LogP contribution in [0.25, 0.3) is 33.5 Å². The summed E-state index contributed by atoms with van der Waals surface area (Å²) in [5.74, 6) is -11.4. The molecule has 0 spiro atoms. The van der Waals surface area contributed by atoms with Gasteiger partial charge in [-0.25, -0.2) is 59.2 Å². The van der Waals surface area contributed by atoms with Crippen LogP contribution in [0.2, 0.25) is 0 Å². The summed E-state index contributed by atoms with van der Waals surface area (Å²) in [5.41, 5.74) is 14.3. The lowest BCUT2D eigenvalue weighted by Gasteiger charge is -2.26. The number of hydrogen-bond acceptors (Lipinski definition) is 29. The second-order valence-corrected chi connectivity index (χ2v) is 20.6. The maximum atomic E-state index is 14.8. The van der Waals surface area contributed by atoms with Crippen LogP contribution in [0.15, 0.2) is 106 Å². The van der Waals surface area contributed by atoms with E-state index >= 15 is 0 Å². The number of hydroxylamine groups is 2. The minimum Gasteiger partial charge on any atom is -0.481 e. The number of anilines is 6. The molecule has 0 aliphatic carbocycles. The van der Waals surface area contributed by atoms with Crippen molar-refractivity contribution in [1.29, 1.82) is 0 Å². The Kier molecular flexibility index (Phi) is 20.5. The van der Waals surface area contributed by atoms with Gasteiger partial charge >= 0.3 is 52.5 Å². The Morgan fingerprint density at radius 2 is 0.812 bits per heavy atom. The van der Waals surface area contributed by atoms with Crippen LogP contribution in [-0.2, 0) is 58.1 Å². The molecule has 9 rings (SSSR count). The molecule has 0 saturated heterocycles. The minimum atomic E-state index is -1.79. The number of rotatable bonds is 29. The van der Waals surface area contributed by atoms with E-state index in [2.05, 4.69) is 81.1 Å². The number of amides is 3. The van der Waals surface area contributed by atoms with Crippen molar-refractivity contribution in [2.24, 2.45) is 0 Å². The number of benzene rings is 3. The molecule has 0 radical (unpaired) electrons. The molecule has 0 aliphatic rings. The van der Waals surface area contributed by atoms with Crippen LogP contribution in [0.5, 0.6) is 0 Å². The number of aliphatic carboxylic acids is 4. The third-order valence-electron chi connectivity index (χ3n) is 13.7. The fraction of sp³-hybridized carbons (Fsp3) is 0.211. The summed E-state index contributed by atoms with van der Waals surface area (Å²) in [6, 6.07) is 10.7. The molecule has 494 valence electrons. The number of aromatic amines is 3. The predicted molar refractivity (Wildman–Crippen MR) is 330 cm³/mol. The van der Waals surface area contributed by atoms with E-state index in [4.69, 9.17) is 37.1 Å². The molecule has 6 heterocycles. The van der Waals surface area contributed by atoms with Crippen molar-refractivity contribution in [3.8, 4) is 0 Å². The summed E-state index contributed by atoms with van der Waals surface area (Å²) in [6.07, 6.45) is 0.377. The van der Waals surface area contributed by atoms with Gasteiger partial charge in [-0.2, -0.15) is 15.0 Å². The van der Waals surface area contributed by atoms with Gasteiger partial charge in [0.1, 0.15) is 31.2 Å². The minimum absolute atomic E-state index is 0.00980. The van der Waals surface area contributed by atoms with Crippen molar-refractivity contribution in [2.45, 2.75) is 76.3 Å². The van der Waals surface area contributed by atoms with Gasteiger partial charge in [0.15, 0.2) is 33.5 Å². The molecule has 39 heteroatoms. The number of nitrogens with one attached hydrogen (secondary N) is 7. The Hall–Kier alpha value is -13.7. The Bertz CT molecular complexity index is 4710. The molecule has 3 aromatic carbocycles. The van der Waals surface area contributed by atoms with Gasteiger partial charge in [-0.15, -0.1) is 0 Å². The van der Waals surface area contributed by atoms with Crippen molar-refractivity contribution in [3.63, 3.8) is 0 Å². The molecule has 0 aliphatic heterocycles. The number of aromatic nitrogens is 12. The molecule has 0 bridgehead atoms. The van der Waals surface area contributed by atoms with Gasteiger partial charge in [-0.3, -0.25) is 38.4 Å². The molecule has 6 aromatic heterocycles. The van der Waals surface area contributed by atoms with Gasteiger partial charge in [-0.1, -0.05) is 0 Å². The zero-order valence-electron chi connectivity index (χ0n) is 49.4. The second-order valence-electron chi connectivity index (χ2n) is 20.6. The summed E-state index contributed by atoms with van der Waals surface area (Å²) in [6.45, 7) is -0.989. The summed E-state index contributed by atoms with van der Waals surface area (Å²) >= 11 is 0. The highest BCUT2D eigenvalue weighted by Crippen LogP contribution is 2.24. The van der Waals surface area contributed by atoms with Crippen LogP contribution in [0.3, 0.4) is 0 Å². The number of H-pyrrole nitrogens is 3. The maximum absolute atomic E-state index is 14.8. The normalized spacial score (nSPS) is 12.0. The van der Waals surface area contributed by atoms with Crippen LogP contribution in [-0.4, -0.2) is 152 Å². The zero-order chi connectivity index (χ0) is 68.9. The standard InChI is InChI=1S/C57H53N21O18/c58-55-71-43-40(49(87)74-55)65-29(20-62-43)19-61-28-7-1-25(2-8-28)48(86)70-36(54(94)96-78(24-31-22-64-45-42(67-31)51(89)76-57(60)73-45)33-11-5-27(6-12-33)47(85)69-35(53(92)93)14-17-38(81)82)15-18-39(83)95-77(23-30-21-63-44-41(66-30)50(88)75-56(59)72-44)32-9-3-26(4-10-32)46(84)68-34(52(90)91)13-16-37(79)80/h1-12,20-22,34-36,61H,13-19,23-24H2,(H,68,84)(H,69,85)(H,70,86)(H,79,80)(H,81,82)(H,90,91)(H,92,93)(H3,58,62,71,74,87)(H3,59,63,72,75,88)(H3,60,64,73,76,89)/t34-,35-,36-/m0/s1. The summed E-state index contributed by atoms with van der Waals surface area (Å²) in [5, 5.41) is 49.6. The largest absolute Gasteiger partial charge is 0.481 e. The fourth-order valence-corrected chi connectivity index (χ4v) is 8.94. The quantitative estimate of drug-likeness (QED) is 0.0261. The van der Waals surface area contributed by atoms with Crippen molar-refractivity contribution in [1.82, 2.24) is 75.8 Å². The highest BCUT2D eigenvalue weighted by Gasteiger charge is 2.30. The summed E-state index contributed by atoms with van der Waals surface area (Å²) < 4.78 is 0. The van der Waals surface area contributed by atoms with Crippen LogP contribution in [0, 0.1) is 0 Å². The average molecular weight is 1320 g/mol. The lowest BCUT2D eigenvalue weighted by molar-refractivity contribution is -0.149. The first kappa shape index (κ1) is 66.8. The topological polar surface area (TPSA) is 600 Å². The first-order valence-electron chi connectivity index (χ1n) is 28.2. The molecule has 0 saturated carbocycles. The van der Waals surface area contributed by atoms with Gasteiger partial charge in [0.2, 0.25) is 17.8 Å². The van der Waals surface area contributed by atoms with E-state index in [-0.39, 0.29) is 97.3 Å². The summed E-state index contributed by atoms with van der Waals surface area (Å²) in [7, 11) is 0. The molecular formula is C57H53N21O18. The molecule has 0 unspecified atom stereocenters. The lowest BCUT2D eigenvalue weighted by atomic mass is 10.1. The van der Waals surface area contributed by atoms with Gasteiger partial charge in [0, 0.05) is 35.2 Å². The van der Waals surface area contributed by atoms with Gasteiger partial charge in [-0.05, 0) is 92.1 Å². The van der Waals surface area contributed by atoms with E-state index in [0.29, 0.717) is 11.4 Å². The van der Waals surface area contributed by atoms with Crippen molar-refractivity contribution in [2.75, 3.05) is 32.6 Å². The molecule has 0 fully saturated rings. The number of carbonyl (C=O) groups excluding carboxylic acids is 5. The van der Waals surface area contributed by atoms with Crippen LogP contribution >= 0.6 is 0 Å². The third-order valence-corrected chi connectivity index (χ3v) is 13.7. The number of carboxylic acids is 4. The Balaban J connectivity index is 1.01. The van der Waals surface area contributed by atoms with E-state index in [1.165, 1.54) is 91.4 Å². The molecule has 3 amide bonds. The van der Waals surface area contributed by atoms with Crippen molar-refractivity contribution in [3.05, 3.63) is 156 Å². The highest BCUT2D eigenvalue weighted by atomic mass is 16.7. The Morgan fingerprint density at radius 1 is 0.458 bits per heavy atom. The Morgan fingerprint density at radius 3 is 1.21 bits per heavy atom. The molecule has 9 aromatic rings. The number of carbonyl (C=O) groups is 9. The summed E-state index contributed by atoms with van der Waals surface area (Å²) in [4.78, 5) is 210. The Labute approximate surface area is 534 Å². The fourth-order valence-electron chi connectivity index (χ4n) is 8.94. The van der Waals surface area contributed by atoms with E-state index in [9.17, 15) is 67.7 Å². The van der Waals surface area contributed by atoms with Crippen LogP contribution < -0.4 is 65.3 Å². The van der Waals surface area contributed by atoms with Crippen molar-refractivity contribution < 1.29 is 73.3 Å². The number of hydrogen-bond donors (Lipinski definition) is 14. The number of fused-ring (bicyclic) bond motifs is 3. The van der Waals surface area contributed by atoms with Crippen molar-refractivity contribution >= 4 is 122 Å². The first-order chi connectivity index (χ1) is 45.8. The molecule has 39 nitrogen and oxygen atoms in total. The van der Waals surface area contributed by atoms with E-state index in [1.54, 1.807) is 0 Å². The number of nitrogens with zero attached hydrogens (tertiary/aromatic N) is 11. The molecular weight excluding hydrogens is 1270 g/mol. The molecule has 3 atom stereocenters. The third kappa shape index (κ3) is 17.2. The maximum Gasteiger partial charge on any atom is 0.354 e. The van der Waals surface area contributed by atoms with Gasteiger partial charge in [0.25, 0.3) is 17.7 Å². The number of nitrogens with two attached hydrogens (primary N) is 3.